The first-order valence-electron chi connectivity index (χ1n) is 11.2. The lowest BCUT2D eigenvalue weighted by Crippen LogP contribution is -2.38. The van der Waals surface area contributed by atoms with E-state index in [1.54, 1.807) is 12.1 Å². The summed E-state index contributed by atoms with van der Waals surface area (Å²) < 4.78 is 26.7. The molecule has 1 aliphatic rings. The van der Waals surface area contributed by atoms with Gasteiger partial charge in [-0.2, -0.15) is 5.10 Å². The molecule has 6 nitrogen and oxygen atoms in total. The molecule has 1 saturated heterocycles. The zero-order valence-corrected chi connectivity index (χ0v) is 18.7. The van der Waals surface area contributed by atoms with Gasteiger partial charge in [0.05, 0.1) is 24.4 Å². The Morgan fingerprint density at radius 1 is 1.12 bits per heavy atom. The maximum Gasteiger partial charge on any atom is 0.123 e. The van der Waals surface area contributed by atoms with Crippen LogP contribution in [0.2, 0.25) is 0 Å². The van der Waals surface area contributed by atoms with Crippen LogP contribution in [-0.2, 0) is 24.8 Å². The summed E-state index contributed by atoms with van der Waals surface area (Å²) in [7, 11) is 1.94. The summed E-state index contributed by atoms with van der Waals surface area (Å²) in [5.41, 5.74) is 4.32. The van der Waals surface area contributed by atoms with Crippen molar-refractivity contribution >= 4 is 10.9 Å². The molecular formula is C26H27FN4O2. The number of para-hydroxylation sites is 1. The molecule has 0 amide bonds. The highest BCUT2D eigenvalue weighted by molar-refractivity contribution is 5.81. The number of rotatable bonds is 7. The topological polar surface area (TPSA) is 52.4 Å². The maximum atomic E-state index is 13.0. The van der Waals surface area contributed by atoms with Crippen LogP contribution >= 0.6 is 0 Å². The molecule has 1 unspecified atom stereocenters. The number of morpholine rings is 1. The average Bonchev–Trinajstić information content (AvgIpc) is 3.21. The van der Waals surface area contributed by atoms with Crippen molar-refractivity contribution in [1.82, 2.24) is 19.7 Å². The number of ether oxygens (including phenoxy) is 2. The molecule has 7 heteroatoms. The Bertz CT molecular complexity index is 1220. The van der Waals surface area contributed by atoms with E-state index >= 15 is 0 Å². The fraction of sp³-hybridized carbons (Fsp3) is 0.308. The molecule has 0 bridgehead atoms. The van der Waals surface area contributed by atoms with Gasteiger partial charge in [-0.25, -0.2) is 4.39 Å². The average molecular weight is 447 g/mol. The normalized spacial score (nSPS) is 16.8. The first-order chi connectivity index (χ1) is 16.2. The first kappa shape index (κ1) is 21.6. The molecule has 0 aliphatic carbocycles. The van der Waals surface area contributed by atoms with Crippen LogP contribution in [0.5, 0.6) is 5.75 Å². The fourth-order valence-corrected chi connectivity index (χ4v) is 4.28. The number of fused-ring (bicyclic) bond motifs is 1. The molecule has 3 heterocycles. The lowest BCUT2D eigenvalue weighted by molar-refractivity contribution is -0.0350. The number of hydrogen-bond acceptors (Lipinski definition) is 5. The molecule has 1 fully saturated rings. The lowest BCUT2D eigenvalue weighted by atomic mass is 10.1. The van der Waals surface area contributed by atoms with Gasteiger partial charge in [-0.15, -0.1) is 0 Å². The van der Waals surface area contributed by atoms with Crippen molar-refractivity contribution in [1.29, 1.82) is 0 Å². The van der Waals surface area contributed by atoms with E-state index in [0.717, 1.165) is 36.5 Å². The second-order valence-corrected chi connectivity index (χ2v) is 8.32. The Morgan fingerprint density at radius 3 is 2.85 bits per heavy atom. The van der Waals surface area contributed by atoms with Crippen LogP contribution in [0, 0.1) is 5.82 Å². The highest BCUT2D eigenvalue weighted by Gasteiger charge is 2.25. The van der Waals surface area contributed by atoms with E-state index in [1.807, 2.05) is 24.0 Å². The Balaban J connectivity index is 1.22. The van der Waals surface area contributed by atoms with Gasteiger partial charge in [0.25, 0.3) is 0 Å². The van der Waals surface area contributed by atoms with Crippen molar-refractivity contribution in [2.45, 2.75) is 19.1 Å². The molecule has 0 spiro atoms. The number of nitrogens with zero attached hydrogens (tertiary/aromatic N) is 4. The molecule has 170 valence electrons. The van der Waals surface area contributed by atoms with Crippen LogP contribution in [0.15, 0.2) is 66.9 Å². The van der Waals surface area contributed by atoms with Gasteiger partial charge in [-0.1, -0.05) is 18.2 Å². The molecule has 2 aromatic heterocycles. The Kier molecular flexibility index (Phi) is 6.32. The van der Waals surface area contributed by atoms with Crippen molar-refractivity contribution in [3.05, 3.63) is 89.6 Å². The molecule has 2 aromatic carbocycles. The second kappa shape index (κ2) is 9.68. The predicted molar refractivity (Wildman–Crippen MR) is 125 cm³/mol. The number of aromatic nitrogens is 3. The van der Waals surface area contributed by atoms with Crippen LogP contribution < -0.4 is 4.74 Å². The van der Waals surface area contributed by atoms with E-state index < -0.39 is 0 Å². The summed E-state index contributed by atoms with van der Waals surface area (Å²) >= 11 is 0. The van der Waals surface area contributed by atoms with Gasteiger partial charge in [-0.05, 0) is 48.0 Å². The fourth-order valence-electron chi connectivity index (χ4n) is 4.28. The number of halogens is 1. The van der Waals surface area contributed by atoms with Gasteiger partial charge >= 0.3 is 0 Å². The molecule has 0 saturated carbocycles. The molecule has 4 aromatic rings. The first-order valence-corrected chi connectivity index (χ1v) is 11.2. The van der Waals surface area contributed by atoms with Crippen LogP contribution in [0.4, 0.5) is 4.39 Å². The third-order valence-electron chi connectivity index (χ3n) is 6.05. The number of pyridine rings is 1. The molecule has 1 aliphatic heterocycles. The third-order valence-corrected chi connectivity index (χ3v) is 6.05. The van der Waals surface area contributed by atoms with Gasteiger partial charge in [-0.3, -0.25) is 14.6 Å². The quantitative estimate of drug-likeness (QED) is 0.424. The molecule has 33 heavy (non-hydrogen) atoms. The minimum Gasteiger partial charge on any atom is -0.493 e. The second-order valence-electron chi connectivity index (χ2n) is 8.32. The van der Waals surface area contributed by atoms with E-state index in [1.165, 1.54) is 23.1 Å². The van der Waals surface area contributed by atoms with Crippen LogP contribution in [0.3, 0.4) is 0 Å². The number of aryl methyl sites for hydroxylation is 1. The summed E-state index contributed by atoms with van der Waals surface area (Å²) in [5.74, 6) is 0.394. The van der Waals surface area contributed by atoms with Crippen molar-refractivity contribution in [2.75, 3.05) is 26.3 Å². The largest absolute Gasteiger partial charge is 0.493 e. The van der Waals surface area contributed by atoms with Crippen LogP contribution in [0.25, 0.3) is 10.9 Å². The van der Waals surface area contributed by atoms with E-state index in [2.05, 4.69) is 40.2 Å². The maximum absolute atomic E-state index is 13.0. The molecule has 0 N–H and O–H groups in total. The van der Waals surface area contributed by atoms with Gasteiger partial charge in [0.15, 0.2) is 0 Å². The number of hydrogen-bond donors (Lipinski definition) is 0. The van der Waals surface area contributed by atoms with Crippen molar-refractivity contribution in [2.24, 2.45) is 7.05 Å². The predicted octanol–water partition coefficient (Wildman–Crippen LogP) is 4.30. The third kappa shape index (κ3) is 5.05. The van der Waals surface area contributed by atoms with Crippen molar-refractivity contribution < 1.29 is 13.9 Å². The van der Waals surface area contributed by atoms with E-state index in [0.29, 0.717) is 25.4 Å². The minimum atomic E-state index is -0.266. The Morgan fingerprint density at radius 2 is 1.97 bits per heavy atom. The molecule has 0 radical (unpaired) electrons. The van der Waals surface area contributed by atoms with Gasteiger partial charge in [0.2, 0.25) is 0 Å². The summed E-state index contributed by atoms with van der Waals surface area (Å²) in [5, 5.41) is 5.91. The van der Waals surface area contributed by atoms with E-state index in [9.17, 15) is 4.39 Å². The van der Waals surface area contributed by atoms with E-state index in [-0.39, 0.29) is 11.9 Å². The summed E-state index contributed by atoms with van der Waals surface area (Å²) in [6.07, 6.45) is 2.53. The standard InChI is InChI=1S/C26H27FN4O2/c1-30-21(11-14-32-22-8-6-20(27)7-9-22)16-25(29-30)26-18-31(13-15-33-26)17-19-10-12-28-24-5-3-2-4-23(19)24/h2-10,12,16,26H,11,13-15,17-18H2,1H3. The van der Waals surface area contributed by atoms with Gasteiger partial charge in [0, 0.05) is 50.4 Å². The van der Waals surface area contributed by atoms with Crippen LogP contribution in [-0.4, -0.2) is 46.0 Å². The van der Waals surface area contributed by atoms with Crippen molar-refractivity contribution in [3.63, 3.8) is 0 Å². The lowest BCUT2D eigenvalue weighted by Gasteiger charge is -2.32. The molecular weight excluding hydrogens is 419 g/mol. The number of benzene rings is 2. The SMILES string of the molecule is Cn1nc(C2CN(Cc3ccnc4ccccc34)CCO2)cc1CCOc1ccc(F)cc1. The Hall–Kier alpha value is -3.29. The Labute approximate surface area is 192 Å². The smallest absolute Gasteiger partial charge is 0.123 e. The van der Waals surface area contributed by atoms with Crippen molar-refractivity contribution in [3.8, 4) is 5.75 Å². The molecule has 5 rings (SSSR count). The monoisotopic (exact) mass is 446 g/mol. The minimum absolute atomic E-state index is 0.0650. The summed E-state index contributed by atoms with van der Waals surface area (Å²) in [6, 6.07) is 18.6. The zero-order valence-electron chi connectivity index (χ0n) is 18.7. The van der Waals surface area contributed by atoms with Gasteiger partial charge in [0.1, 0.15) is 17.7 Å². The highest BCUT2D eigenvalue weighted by Crippen LogP contribution is 2.25. The highest BCUT2D eigenvalue weighted by atomic mass is 19.1. The van der Waals surface area contributed by atoms with Crippen LogP contribution in [0.1, 0.15) is 23.1 Å². The summed E-state index contributed by atoms with van der Waals surface area (Å²) in [6.45, 7) is 3.70. The molecule has 1 atom stereocenters. The van der Waals surface area contributed by atoms with Gasteiger partial charge < -0.3 is 9.47 Å². The zero-order chi connectivity index (χ0) is 22.6. The van der Waals surface area contributed by atoms with E-state index in [4.69, 9.17) is 14.6 Å². The summed E-state index contributed by atoms with van der Waals surface area (Å²) in [4.78, 5) is 6.89.